The maximum absolute atomic E-state index is 9.82. The number of benzene rings is 1. The van der Waals surface area contributed by atoms with Crippen molar-refractivity contribution in [3.05, 3.63) is 41.7 Å². The zero-order valence-corrected chi connectivity index (χ0v) is 14.6. The number of aromatic nitrogens is 2. The molecule has 0 saturated carbocycles. The molecule has 0 bridgehead atoms. The lowest BCUT2D eigenvalue weighted by molar-refractivity contribution is 0.213. The van der Waals surface area contributed by atoms with Gasteiger partial charge in [-0.15, -0.1) is 0 Å². The summed E-state index contributed by atoms with van der Waals surface area (Å²) < 4.78 is 13.6. The van der Waals surface area contributed by atoms with Gasteiger partial charge in [0.1, 0.15) is 0 Å². The van der Waals surface area contributed by atoms with E-state index in [1.165, 1.54) is 5.56 Å². The molecule has 2 aliphatic heterocycles. The number of ether oxygens (including phenoxy) is 2. The van der Waals surface area contributed by atoms with E-state index >= 15 is 0 Å². The zero-order valence-electron chi connectivity index (χ0n) is 14.6. The van der Waals surface area contributed by atoms with Crippen LogP contribution < -0.4 is 9.47 Å². The van der Waals surface area contributed by atoms with Crippen molar-refractivity contribution < 1.29 is 14.6 Å². The Kier molecular flexibility index (Phi) is 4.63. The summed E-state index contributed by atoms with van der Waals surface area (Å²) in [5.41, 5.74) is 2.36. The Hall–Kier alpha value is -2.05. The third-order valence-electron chi connectivity index (χ3n) is 5.15. The molecule has 2 atom stereocenters. The van der Waals surface area contributed by atoms with E-state index in [1.54, 1.807) is 0 Å². The van der Waals surface area contributed by atoms with Gasteiger partial charge in [-0.05, 0) is 11.6 Å². The molecule has 1 aromatic carbocycles. The highest BCUT2D eigenvalue weighted by Crippen LogP contribution is 2.37. The first-order valence-corrected chi connectivity index (χ1v) is 8.94. The van der Waals surface area contributed by atoms with Gasteiger partial charge in [-0.25, -0.2) is 0 Å². The minimum atomic E-state index is 0.197. The number of aliphatic hydroxyl groups is 1. The number of aryl methyl sites for hydroxylation is 1. The maximum atomic E-state index is 9.82. The van der Waals surface area contributed by atoms with Crippen molar-refractivity contribution >= 4 is 0 Å². The first kappa shape index (κ1) is 16.4. The summed E-state index contributed by atoms with van der Waals surface area (Å²) in [4.78, 5) is 2.39. The van der Waals surface area contributed by atoms with Gasteiger partial charge in [-0.1, -0.05) is 12.1 Å². The predicted octanol–water partition coefficient (Wildman–Crippen LogP) is 1.79. The minimum Gasteiger partial charge on any atom is -0.490 e. The molecule has 1 N–H and O–H groups in total. The topological polar surface area (TPSA) is 59.8 Å². The first-order valence-electron chi connectivity index (χ1n) is 8.94. The molecule has 1 saturated heterocycles. The normalized spacial score (nSPS) is 23.6. The quantitative estimate of drug-likeness (QED) is 0.917. The molecule has 0 radical (unpaired) electrons. The molecule has 2 aromatic rings. The van der Waals surface area contributed by atoms with Crippen LogP contribution in [0, 0.1) is 5.92 Å². The van der Waals surface area contributed by atoms with Gasteiger partial charge in [-0.2, -0.15) is 5.10 Å². The average molecular weight is 343 g/mol. The number of hydrogen-bond donors (Lipinski definition) is 1. The highest BCUT2D eigenvalue weighted by Gasteiger charge is 2.34. The molecular weight excluding hydrogens is 318 g/mol. The summed E-state index contributed by atoms with van der Waals surface area (Å²) >= 11 is 0. The van der Waals surface area contributed by atoms with Gasteiger partial charge in [-0.3, -0.25) is 9.58 Å². The van der Waals surface area contributed by atoms with Crippen molar-refractivity contribution in [2.24, 2.45) is 13.0 Å². The summed E-state index contributed by atoms with van der Waals surface area (Å²) in [6.07, 6.45) is 4.89. The molecule has 0 unspecified atom stereocenters. The van der Waals surface area contributed by atoms with Crippen molar-refractivity contribution in [2.75, 3.05) is 32.9 Å². The molecule has 0 amide bonds. The van der Waals surface area contributed by atoms with Crippen LogP contribution in [0.15, 0.2) is 30.6 Å². The summed E-state index contributed by atoms with van der Waals surface area (Å²) in [6, 6.07) is 6.11. The van der Waals surface area contributed by atoms with E-state index in [-0.39, 0.29) is 12.5 Å². The lowest BCUT2D eigenvalue weighted by Crippen LogP contribution is -2.21. The van der Waals surface area contributed by atoms with Crippen LogP contribution in [-0.2, 0) is 13.6 Å². The fraction of sp³-hybridized carbons (Fsp3) is 0.526. The summed E-state index contributed by atoms with van der Waals surface area (Å²) in [5.74, 6) is 2.28. The molecule has 3 heterocycles. The first-order chi connectivity index (χ1) is 12.2. The number of aliphatic hydroxyl groups excluding tert-OH is 1. The van der Waals surface area contributed by atoms with Crippen molar-refractivity contribution in [2.45, 2.75) is 18.9 Å². The van der Waals surface area contributed by atoms with Crippen LogP contribution in [0.1, 0.15) is 23.5 Å². The fourth-order valence-electron chi connectivity index (χ4n) is 3.90. The van der Waals surface area contributed by atoms with E-state index in [0.29, 0.717) is 19.1 Å². The fourth-order valence-corrected chi connectivity index (χ4v) is 3.90. The van der Waals surface area contributed by atoms with E-state index in [0.717, 1.165) is 43.1 Å². The van der Waals surface area contributed by atoms with Crippen molar-refractivity contribution in [1.82, 2.24) is 14.7 Å². The molecule has 6 nitrogen and oxygen atoms in total. The van der Waals surface area contributed by atoms with Crippen LogP contribution in [0.5, 0.6) is 11.5 Å². The highest BCUT2D eigenvalue weighted by molar-refractivity contribution is 5.47. The molecule has 0 aliphatic carbocycles. The Balaban J connectivity index is 1.52. The predicted molar refractivity (Wildman–Crippen MR) is 93.9 cm³/mol. The minimum absolute atomic E-state index is 0.197. The molecule has 134 valence electrons. The zero-order chi connectivity index (χ0) is 17.2. The Bertz CT molecular complexity index is 730. The smallest absolute Gasteiger partial charge is 0.165 e. The Labute approximate surface area is 148 Å². The molecule has 1 fully saturated rings. The molecule has 25 heavy (non-hydrogen) atoms. The van der Waals surface area contributed by atoms with Crippen LogP contribution in [0.2, 0.25) is 0 Å². The summed E-state index contributed by atoms with van der Waals surface area (Å²) in [6.45, 7) is 4.20. The van der Waals surface area contributed by atoms with Gasteiger partial charge in [0.15, 0.2) is 11.5 Å². The van der Waals surface area contributed by atoms with Gasteiger partial charge < -0.3 is 14.6 Å². The van der Waals surface area contributed by atoms with E-state index in [1.807, 2.05) is 30.1 Å². The third-order valence-corrected chi connectivity index (χ3v) is 5.15. The van der Waals surface area contributed by atoms with E-state index in [9.17, 15) is 5.11 Å². The number of nitrogens with zero attached hydrogens (tertiary/aromatic N) is 3. The van der Waals surface area contributed by atoms with Gasteiger partial charge in [0, 0.05) is 63.3 Å². The second kappa shape index (κ2) is 7.06. The number of likely N-dealkylation sites (tertiary alicyclic amines) is 1. The second-order valence-corrected chi connectivity index (χ2v) is 6.99. The highest BCUT2D eigenvalue weighted by atomic mass is 16.5. The van der Waals surface area contributed by atoms with Gasteiger partial charge in [0.25, 0.3) is 0 Å². The third kappa shape index (κ3) is 3.37. The molecule has 0 spiro atoms. The molecule has 4 rings (SSSR count). The van der Waals surface area contributed by atoms with Gasteiger partial charge in [0.2, 0.25) is 0 Å². The Morgan fingerprint density at radius 2 is 2.12 bits per heavy atom. The van der Waals surface area contributed by atoms with Crippen LogP contribution in [-0.4, -0.2) is 52.7 Å². The van der Waals surface area contributed by atoms with Gasteiger partial charge >= 0.3 is 0 Å². The standard InChI is InChI=1S/C19H25N3O3/c1-21-9-15(8-20-21)17-12-22(11-16(17)13-23)10-14-4-2-5-18-19(14)25-7-3-6-24-18/h2,4-5,8-9,16-17,23H,3,6-7,10-13H2,1H3/t16-,17-/m0/s1. The molecular formula is C19H25N3O3. The summed E-state index contributed by atoms with van der Waals surface area (Å²) in [5, 5.41) is 14.1. The Morgan fingerprint density at radius 3 is 2.92 bits per heavy atom. The van der Waals surface area contributed by atoms with Crippen molar-refractivity contribution in [1.29, 1.82) is 0 Å². The van der Waals surface area contributed by atoms with Crippen LogP contribution >= 0.6 is 0 Å². The molecule has 2 aliphatic rings. The molecule has 6 heteroatoms. The van der Waals surface area contributed by atoms with E-state index in [4.69, 9.17) is 9.47 Å². The molecule has 1 aromatic heterocycles. The van der Waals surface area contributed by atoms with E-state index < -0.39 is 0 Å². The number of rotatable bonds is 4. The Morgan fingerprint density at radius 1 is 1.24 bits per heavy atom. The van der Waals surface area contributed by atoms with Crippen LogP contribution in [0.4, 0.5) is 0 Å². The number of hydrogen-bond acceptors (Lipinski definition) is 5. The van der Waals surface area contributed by atoms with Crippen LogP contribution in [0.25, 0.3) is 0 Å². The van der Waals surface area contributed by atoms with Crippen molar-refractivity contribution in [3.63, 3.8) is 0 Å². The maximum Gasteiger partial charge on any atom is 0.165 e. The second-order valence-electron chi connectivity index (χ2n) is 6.99. The monoisotopic (exact) mass is 343 g/mol. The number of fused-ring (bicyclic) bond motifs is 1. The SMILES string of the molecule is Cn1cc([C@@H]2CN(Cc3cccc4c3OCCCO4)C[C@H]2CO)cn1. The summed E-state index contributed by atoms with van der Waals surface area (Å²) in [7, 11) is 1.93. The number of para-hydroxylation sites is 1. The average Bonchev–Trinajstić information content (AvgIpc) is 3.13. The lowest BCUT2D eigenvalue weighted by atomic mass is 9.92. The van der Waals surface area contributed by atoms with Gasteiger partial charge in [0.05, 0.1) is 19.4 Å². The van der Waals surface area contributed by atoms with Crippen molar-refractivity contribution in [3.8, 4) is 11.5 Å². The van der Waals surface area contributed by atoms with E-state index in [2.05, 4.69) is 22.3 Å². The largest absolute Gasteiger partial charge is 0.490 e. The van der Waals surface area contributed by atoms with Crippen LogP contribution in [0.3, 0.4) is 0 Å². The lowest BCUT2D eigenvalue weighted by Gasteiger charge is -2.19.